The summed E-state index contributed by atoms with van der Waals surface area (Å²) in [5.74, 6) is 1.06. The maximum atomic E-state index is 4.22. The molecule has 0 spiro atoms. The quantitative estimate of drug-likeness (QED) is 0.914. The molecule has 4 heteroatoms. The highest BCUT2D eigenvalue weighted by Crippen LogP contribution is 2.21. The Bertz CT molecular complexity index is 520. The molecule has 0 aliphatic heterocycles. The monoisotopic (exact) mass is 307 g/mol. The predicted molar refractivity (Wildman–Crippen MR) is 79.0 cm³/mol. The van der Waals surface area contributed by atoms with Crippen molar-refractivity contribution >= 4 is 21.6 Å². The van der Waals surface area contributed by atoms with E-state index in [-0.39, 0.29) is 0 Å². The zero-order valence-corrected chi connectivity index (χ0v) is 12.4. The van der Waals surface area contributed by atoms with Crippen molar-refractivity contribution in [2.45, 2.75) is 26.8 Å². The van der Waals surface area contributed by atoms with Gasteiger partial charge in [0.2, 0.25) is 0 Å². The van der Waals surface area contributed by atoms with Crippen LogP contribution >= 0.6 is 15.9 Å². The minimum absolute atomic E-state index is 0.909. The molecule has 0 bridgehead atoms. The van der Waals surface area contributed by atoms with Crippen molar-refractivity contribution in [3.63, 3.8) is 0 Å². The molecule has 3 nitrogen and oxygen atoms in total. The van der Waals surface area contributed by atoms with E-state index in [9.17, 15) is 0 Å². The number of imidazole rings is 1. The van der Waals surface area contributed by atoms with Gasteiger partial charge in [0.15, 0.2) is 0 Å². The zero-order valence-electron chi connectivity index (χ0n) is 10.8. The van der Waals surface area contributed by atoms with Crippen LogP contribution in [0.1, 0.15) is 18.3 Å². The predicted octanol–water partition coefficient (Wildman–Crippen LogP) is 3.63. The molecule has 2 rings (SSSR count). The molecular formula is C14H18BrN3. The van der Waals surface area contributed by atoms with E-state index in [1.54, 1.807) is 0 Å². The van der Waals surface area contributed by atoms with Crippen molar-refractivity contribution < 1.29 is 0 Å². The number of anilines is 1. The largest absolute Gasteiger partial charge is 0.383 e. The van der Waals surface area contributed by atoms with Crippen LogP contribution in [0.15, 0.2) is 35.1 Å². The Morgan fingerprint density at radius 2 is 2.22 bits per heavy atom. The zero-order chi connectivity index (χ0) is 13.0. The molecule has 1 aromatic heterocycles. The van der Waals surface area contributed by atoms with Gasteiger partial charge in [-0.3, -0.25) is 0 Å². The van der Waals surface area contributed by atoms with Gasteiger partial charge >= 0.3 is 0 Å². The van der Waals surface area contributed by atoms with Gasteiger partial charge in [0.05, 0.1) is 0 Å². The van der Waals surface area contributed by atoms with Gasteiger partial charge in [-0.1, -0.05) is 22.9 Å². The van der Waals surface area contributed by atoms with E-state index in [0.29, 0.717) is 0 Å². The average molecular weight is 308 g/mol. The van der Waals surface area contributed by atoms with Crippen molar-refractivity contribution in [2.75, 3.05) is 11.9 Å². The summed E-state index contributed by atoms with van der Waals surface area (Å²) in [7, 11) is 0. The minimum atomic E-state index is 0.909. The van der Waals surface area contributed by atoms with Gasteiger partial charge < -0.3 is 9.88 Å². The van der Waals surface area contributed by atoms with E-state index in [2.05, 4.69) is 55.9 Å². The van der Waals surface area contributed by atoms with E-state index in [4.69, 9.17) is 0 Å². The maximum absolute atomic E-state index is 4.22. The minimum Gasteiger partial charge on any atom is -0.383 e. The Morgan fingerprint density at radius 1 is 1.39 bits per heavy atom. The third-order valence-electron chi connectivity index (χ3n) is 3.04. The molecule has 1 aromatic carbocycles. The summed E-state index contributed by atoms with van der Waals surface area (Å²) >= 11 is 3.51. The highest BCUT2D eigenvalue weighted by molar-refractivity contribution is 9.10. The molecule has 0 atom stereocenters. The van der Waals surface area contributed by atoms with E-state index >= 15 is 0 Å². The van der Waals surface area contributed by atoms with E-state index in [0.717, 1.165) is 29.8 Å². The van der Waals surface area contributed by atoms with Crippen LogP contribution in [-0.4, -0.2) is 16.1 Å². The third-order valence-corrected chi connectivity index (χ3v) is 3.53. The van der Waals surface area contributed by atoms with Gasteiger partial charge in [-0.15, -0.1) is 0 Å². The number of nitrogens with zero attached hydrogens (tertiary/aromatic N) is 2. The van der Waals surface area contributed by atoms with Crippen molar-refractivity contribution in [1.29, 1.82) is 0 Å². The standard InChI is InChI=1S/C14H18BrN3/c1-3-12-10-13(15)4-5-14(12)17-7-9-18-8-6-16-11(18)2/h4-6,8,10,17H,3,7,9H2,1-2H3. The van der Waals surface area contributed by atoms with Crippen LogP contribution < -0.4 is 5.32 Å². The SMILES string of the molecule is CCc1cc(Br)ccc1NCCn1ccnc1C. The molecule has 0 amide bonds. The number of aryl methyl sites for hydroxylation is 2. The lowest BCUT2D eigenvalue weighted by molar-refractivity contribution is 0.700. The molecule has 0 aliphatic rings. The second-order valence-electron chi connectivity index (χ2n) is 4.25. The van der Waals surface area contributed by atoms with E-state index in [1.807, 2.05) is 19.3 Å². The number of nitrogens with one attached hydrogen (secondary N) is 1. The van der Waals surface area contributed by atoms with Crippen LogP contribution in [0.4, 0.5) is 5.69 Å². The van der Waals surface area contributed by atoms with Crippen molar-refractivity contribution in [3.05, 3.63) is 46.5 Å². The fraction of sp³-hybridized carbons (Fsp3) is 0.357. The molecule has 2 aromatic rings. The first-order valence-corrected chi connectivity index (χ1v) is 7.00. The smallest absolute Gasteiger partial charge is 0.105 e. The van der Waals surface area contributed by atoms with Gasteiger partial charge in [0.1, 0.15) is 5.82 Å². The maximum Gasteiger partial charge on any atom is 0.105 e. The molecule has 18 heavy (non-hydrogen) atoms. The van der Waals surface area contributed by atoms with Crippen molar-refractivity contribution in [2.24, 2.45) is 0 Å². The molecule has 1 N–H and O–H groups in total. The van der Waals surface area contributed by atoms with Crippen LogP contribution in [0.2, 0.25) is 0 Å². The number of hydrogen-bond acceptors (Lipinski definition) is 2. The highest BCUT2D eigenvalue weighted by atomic mass is 79.9. The Kier molecular flexibility index (Phi) is 4.42. The second-order valence-corrected chi connectivity index (χ2v) is 5.17. The summed E-state index contributed by atoms with van der Waals surface area (Å²) in [6.45, 7) is 6.04. The molecule has 0 radical (unpaired) electrons. The third kappa shape index (κ3) is 3.13. The summed E-state index contributed by atoms with van der Waals surface area (Å²) in [6.07, 6.45) is 4.89. The lowest BCUT2D eigenvalue weighted by Gasteiger charge is -2.12. The first kappa shape index (κ1) is 13.1. The molecule has 0 aliphatic carbocycles. The van der Waals surface area contributed by atoms with Crippen molar-refractivity contribution in [3.8, 4) is 0 Å². The molecule has 1 heterocycles. The molecule has 0 unspecified atom stereocenters. The van der Waals surface area contributed by atoms with Crippen LogP contribution in [-0.2, 0) is 13.0 Å². The Morgan fingerprint density at radius 3 is 2.89 bits per heavy atom. The second kappa shape index (κ2) is 6.05. The fourth-order valence-electron chi connectivity index (χ4n) is 1.98. The summed E-state index contributed by atoms with van der Waals surface area (Å²) in [6, 6.07) is 6.37. The van der Waals surface area contributed by atoms with Crippen LogP contribution in [0, 0.1) is 6.92 Å². The lowest BCUT2D eigenvalue weighted by Crippen LogP contribution is -2.12. The number of hydrogen-bond donors (Lipinski definition) is 1. The van der Waals surface area contributed by atoms with Gasteiger partial charge in [-0.05, 0) is 37.1 Å². The molecule has 0 fully saturated rings. The average Bonchev–Trinajstić information content (AvgIpc) is 2.77. The van der Waals surface area contributed by atoms with Crippen LogP contribution in [0.25, 0.3) is 0 Å². The summed E-state index contributed by atoms with van der Waals surface area (Å²) in [4.78, 5) is 4.22. The number of aromatic nitrogens is 2. The normalized spacial score (nSPS) is 10.6. The molecule has 0 saturated heterocycles. The van der Waals surface area contributed by atoms with Gasteiger partial charge in [-0.25, -0.2) is 4.98 Å². The van der Waals surface area contributed by atoms with Crippen LogP contribution in [0.3, 0.4) is 0 Å². The first-order valence-electron chi connectivity index (χ1n) is 6.20. The van der Waals surface area contributed by atoms with E-state index in [1.165, 1.54) is 11.3 Å². The molecule has 96 valence electrons. The van der Waals surface area contributed by atoms with Crippen molar-refractivity contribution in [1.82, 2.24) is 9.55 Å². The van der Waals surface area contributed by atoms with Crippen LogP contribution in [0.5, 0.6) is 0 Å². The topological polar surface area (TPSA) is 29.9 Å². The summed E-state index contributed by atoms with van der Waals surface area (Å²) in [5.41, 5.74) is 2.56. The Balaban J connectivity index is 1.96. The Hall–Kier alpha value is -1.29. The van der Waals surface area contributed by atoms with Gasteiger partial charge in [0, 0.05) is 35.6 Å². The fourth-order valence-corrected chi connectivity index (χ4v) is 2.39. The van der Waals surface area contributed by atoms with E-state index < -0.39 is 0 Å². The summed E-state index contributed by atoms with van der Waals surface area (Å²) < 4.78 is 3.28. The summed E-state index contributed by atoms with van der Waals surface area (Å²) in [5, 5.41) is 3.49. The van der Waals surface area contributed by atoms with Gasteiger partial charge in [0.25, 0.3) is 0 Å². The first-order chi connectivity index (χ1) is 8.70. The number of halogens is 1. The number of benzene rings is 1. The number of rotatable bonds is 5. The molecule has 0 saturated carbocycles. The Labute approximate surface area is 116 Å². The lowest BCUT2D eigenvalue weighted by atomic mass is 10.1. The molecular weight excluding hydrogens is 290 g/mol. The highest BCUT2D eigenvalue weighted by Gasteiger charge is 2.01. The van der Waals surface area contributed by atoms with Gasteiger partial charge in [-0.2, -0.15) is 0 Å².